The molecule has 0 aliphatic carbocycles. The Balaban J connectivity index is 1.48. The lowest BCUT2D eigenvalue weighted by Crippen LogP contribution is -2.47. The van der Waals surface area contributed by atoms with Gasteiger partial charge in [0.2, 0.25) is 0 Å². The van der Waals surface area contributed by atoms with E-state index in [2.05, 4.69) is 17.0 Å². The average molecular weight is 315 g/mol. The standard InChI is InChI=1S/C19H22FNO2/c20-17-6-8-18(9-7-17)23-15-19(22)10-12-21(13-11-19)14-16-4-2-1-3-5-16/h1-9,22H,10-15H2. The van der Waals surface area contributed by atoms with E-state index >= 15 is 0 Å². The lowest BCUT2D eigenvalue weighted by atomic mass is 9.92. The summed E-state index contributed by atoms with van der Waals surface area (Å²) in [5.74, 6) is 0.303. The Morgan fingerprint density at radius 1 is 1.00 bits per heavy atom. The number of benzene rings is 2. The van der Waals surface area contributed by atoms with Crippen LogP contribution in [0.5, 0.6) is 5.75 Å². The van der Waals surface area contributed by atoms with Crippen molar-refractivity contribution >= 4 is 0 Å². The Morgan fingerprint density at radius 2 is 1.65 bits per heavy atom. The van der Waals surface area contributed by atoms with Crippen molar-refractivity contribution in [3.05, 3.63) is 66.0 Å². The zero-order valence-corrected chi connectivity index (χ0v) is 13.1. The van der Waals surface area contributed by atoms with Crippen LogP contribution in [-0.4, -0.2) is 35.3 Å². The first-order chi connectivity index (χ1) is 11.1. The number of rotatable bonds is 5. The van der Waals surface area contributed by atoms with Crippen LogP contribution in [-0.2, 0) is 6.54 Å². The Morgan fingerprint density at radius 3 is 2.30 bits per heavy atom. The van der Waals surface area contributed by atoms with E-state index < -0.39 is 5.60 Å². The second-order valence-electron chi connectivity index (χ2n) is 6.23. The first-order valence-electron chi connectivity index (χ1n) is 8.00. The summed E-state index contributed by atoms with van der Waals surface area (Å²) in [6, 6.07) is 16.3. The van der Waals surface area contributed by atoms with Gasteiger partial charge in [-0.25, -0.2) is 4.39 Å². The Bertz CT molecular complexity index is 607. The Hall–Kier alpha value is -1.91. The topological polar surface area (TPSA) is 32.7 Å². The zero-order valence-electron chi connectivity index (χ0n) is 13.1. The van der Waals surface area contributed by atoms with Crippen LogP contribution in [0.3, 0.4) is 0 Å². The highest BCUT2D eigenvalue weighted by Gasteiger charge is 2.33. The van der Waals surface area contributed by atoms with Gasteiger partial charge in [-0.3, -0.25) is 4.90 Å². The molecule has 0 atom stereocenters. The number of piperidine rings is 1. The van der Waals surface area contributed by atoms with E-state index in [9.17, 15) is 9.50 Å². The molecule has 3 rings (SSSR count). The molecule has 0 radical (unpaired) electrons. The molecule has 122 valence electrons. The predicted molar refractivity (Wildman–Crippen MR) is 87.8 cm³/mol. The molecule has 0 saturated carbocycles. The average Bonchev–Trinajstić information content (AvgIpc) is 2.58. The van der Waals surface area contributed by atoms with Crippen molar-refractivity contribution in [2.75, 3.05) is 19.7 Å². The van der Waals surface area contributed by atoms with Crippen LogP contribution >= 0.6 is 0 Å². The lowest BCUT2D eigenvalue weighted by Gasteiger charge is -2.37. The van der Waals surface area contributed by atoms with E-state index in [-0.39, 0.29) is 12.4 Å². The maximum atomic E-state index is 12.9. The number of aliphatic hydroxyl groups is 1. The molecule has 0 spiro atoms. The summed E-state index contributed by atoms with van der Waals surface area (Å²) in [5.41, 5.74) is 0.488. The molecule has 2 aromatic rings. The summed E-state index contributed by atoms with van der Waals surface area (Å²) in [4.78, 5) is 2.35. The van der Waals surface area contributed by atoms with Crippen molar-refractivity contribution in [2.45, 2.75) is 25.0 Å². The number of ether oxygens (including phenoxy) is 1. The normalized spacial score (nSPS) is 17.8. The van der Waals surface area contributed by atoms with Crippen LogP contribution in [0.2, 0.25) is 0 Å². The molecular weight excluding hydrogens is 293 g/mol. The van der Waals surface area contributed by atoms with E-state index in [1.165, 1.54) is 17.7 Å². The van der Waals surface area contributed by atoms with Crippen molar-refractivity contribution in [3.8, 4) is 5.75 Å². The van der Waals surface area contributed by atoms with Crippen molar-refractivity contribution < 1.29 is 14.2 Å². The summed E-state index contributed by atoms with van der Waals surface area (Å²) in [5, 5.41) is 10.6. The summed E-state index contributed by atoms with van der Waals surface area (Å²) in [7, 11) is 0. The quantitative estimate of drug-likeness (QED) is 0.919. The third kappa shape index (κ3) is 4.53. The van der Waals surface area contributed by atoms with Gasteiger partial charge in [0, 0.05) is 19.6 Å². The third-order valence-corrected chi connectivity index (χ3v) is 4.36. The van der Waals surface area contributed by atoms with Crippen molar-refractivity contribution in [1.82, 2.24) is 4.90 Å². The van der Waals surface area contributed by atoms with E-state index in [4.69, 9.17) is 4.74 Å². The molecule has 1 N–H and O–H groups in total. The van der Waals surface area contributed by atoms with Crippen molar-refractivity contribution in [2.24, 2.45) is 0 Å². The highest BCUT2D eigenvalue weighted by Crippen LogP contribution is 2.25. The number of halogens is 1. The van der Waals surface area contributed by atoms with Gasteiger partial charge in [0.1, 0.15) is 23.8 Å². The van der Waals surface area contributed by atoms with Crippen LogP contribution in [0.4, 0.5) is 4.39 Å². The van der Waals surface area contributed by atoms with Gasteiger partial charge >= 0.3 is 0 Å². The minimum absolute atomic E-state index is 0.248. The fourth-order valence-corrected chi connectivity index (χ4v) is 2.86. The summed E-state index contributed by atoms with van der Waals surface area (Å²) < 4.78 is 18.5. The number of nitrogens with zero attached hydrogens (tertiary/aromatic N) is 1. The molecule has 1 saturated heterocycles. The minimum atomic E-state index is -0.804. The van der Waals surface area contributed by atoms with Gasteiger partial charge in [-0.1, -0.05) is 30.3 Å². The molecule has 1 fully saturated rings. The first-order valence-corrected chi connectivity index (χ1v) is 8.00. The number of likely N-dealkylation sites (tertiary alicyclic amines) is 1. The smallest absolute Gasteiger partial charge is 0.123 e. The number of hydrogen-bond acceptors (Lipinski definition) is 3. The second-order valence-corrected chi connectivity index (χ2v) is 6.23. The molecular formula is C19H22FNO2. The monoisotopic (exact) mass is 315 g/mol. The summed E-state index contributed by atoms with van der Waals surface area (Å²) in [6.07, 6.45) is 1.36. The fraction of sp³-hybridized carbons (Fsp3) is 0.368. The van der Waals surface area contributed by atoms with Crippen molar-refractivity contribution in [1.29, 1.82) is 0 Å². The van der Waals surface area contributed by atoms with Gasteiger partial charge in [-0.15, -0.1) is 0 Å². The minimum Gasteiger partial charge on any atom is -0.491 e. The predicted octanol–water partition coefficient (Wildman–Crippen LogP) is 3.23. The highest BCUT2D eigenvalue weighted by molar-refractivity contribution is 5.22. The van der Waals surface area contributed by atoms with E-state index in [1.54, 1.807) is 12.1 Å². The van der Waals surface area contributed by atoms with Gasteiger partial charge in [0.25, 0.3) is 0 Å². The molecule has 0 amide bonds. The number of hydrogen-bond donors (Lipinski definition) is 1. The van der Waals surface area contributed by atoms with Gasteiger partial charge in [0.05, 0.1) is 0 Å². The van der Waals surface area contributed by atoms with E-state index in [0.717, 1.165) is 19.6 Å². The fourth-order valence-electron chi connectivity index (χ4n) is 2.86. The van der Waals surface area contributed by atoms with Gasteiger partial charge in [0.15, 0.2) is 0 Å². The molecule has 1 heterocycles. The van der Waals surface area contributed by atoms with Gasteiger partial charge < -0.3 is 9.84 Å². The largest absolute Gasteiger partial charge is 0.491 e. The first kappa shape index (κ1) is 16.0. The van der Waals surface area contributed by atoms with Gasteiger partial charge in [-0.05, 0) is 42.7 Å². The molecule has 2 aromatic carbocycles. The highest BCUT2D eigenvalue weighted by atomic mass is 19.1. The molecule has 23 heavy (non-hydrogen) atoms. The van der Waals surface area contributed by atoms with Gasteiger partial charge in [-0.2, -0.15) is 0 Å². The molecule has 3 nitrogen and oxygen atoms in total. The van der Waals surface area contributed by atoms with Crippen LogP contribution < -0.4 is 4.74 Å². The summed E-state index contributed by atoms with van der Waals surface area (Å²) >= 11 is 0. The van der Waals surface area contributed by atoms with Crippen LogP contribution in [0.25, 0.3) is 0 Å². The van der Waals surface area contributed by atoms with Crippen LogP contribution in [0.1, 0.15) is 18.4 Å². The lowest BCUT2D eigenvalue weighted by molar-refractivity contribution is -0.0537. The zero-order chi connectivity index (χ0) is 16.1. The van der Waals surface area contributed by atoms with Crippen LogP contribution in [0, 0.1) is 5.82 Å². The molecule has 0 unspecified atom stereocenters. The SMILES string of the molecule is OC1(COc2ccc(F)cc2)CCN(Cc2ccccc2)CC1. The van der Waals surface area contributed by atoms with Crippen molar-refractivity contribution in [3.63, 3.8) is 0 Å². The maximum Gasteiger partial charge on any atom is 0.123 e. The summed E-state index contributed by atoms with van der Waals surface area (Å²) in [6.45, 7) is 2.85. The Labute approximate surface area is 136 Å². The maximum absolute atomic E-state index is 12.9. The molecule has 1 aliphatic heterocycles. The second kappa shape index (κ2) is 7.11. The Kier molecular flexibility index (Phi) is 4.94. The van der Waals surface area contributed by atoms with E-state index in [1.807, 2.05) is 18.2 Å². The molecule has 0 bridgehead atoms. The molecule has 0 aromatic heterocycles. The third-order valence-electron chi connectivity index (χ3n) is 4.36. The van der Waals surface area contributed by atoms with Crippen LogP contribution in [0.15, 0.2) is 54.6 Å². The molecule has 4 heteroatoms. The molecule has 1 aliphatic rings. The van der Waals surface area contributed by atoms with E-state index in [0.29, 0.717) is 18.6 Å².